The Bertz CT molecular complexity index is 1680. The summed E-state index contributed by atoms with van der Waals surface area (Å²) < 4.78 is 1.21. The van der Waals surface area contributed by atoms with Gasteiger partial charge in [-0.05, 0) is 43.4 Å². The van der Waals surface area contributed by atoms with Gasteiger partial charge in [0.15, 0.2) is 5.78 Å². The van der Waals surface area contributed by atoms with Crippen LogP contribution in [0.1, 0.15) is 52.0 Å². The number of carbonyl (C=O) groups excluding carboxylic acids is 1. The second-order valence-corrected chi connectivity index (χ2v) is 17.0. The van der Waals surface area contributed by atoms with Crippen molar-refractivity contribution in [3.63, 3.8) is 0 Å². The summed E-state index contributed by atoms with van der Waals surface area (Å²) in [5, 5.41) is 14.6. The number of allylic oxidation sites excluding steroid dienone is 2. The van der Waals surface area contributed by atoms with E-state index in [0.717, 1.165) is 28.9 Å². The van der Waals surface area contributed by atoms with Crippen molar-refractivity contribution in [3.8, 4) is 11.3 Å². The summed E-state index contributed by atoms with van der Waals surface area (Å²) in [6.45, 7) is 14.5. The molecule has 0 saturated carbocycles. The molecule has 4 nitrogen and oxygen atoms in total. The molecule has 0 aliphatic heterocycles. The minimum Gasteiger partial charge on any atom is -0.512 e. The Morgan fingerprint density at radius 2 is 1.73 bits per heavy atom. The monoisotopic (exact) mass is 746 g/mol. The zero-order valence-electron chi connectivity index (χ0n) is 24.3. The van der Waals surface area contributed by atoms with Crippen LogP contribution < -0.4 is 5.32 Å². The molecule has 3 aromatic heterocycles. The molecule has 0 aliphatic carbocycles. The summed E-state index contributed by atoms with van der Waals surface area (Å²) in [6, 6.07) is 21.3. The average molecular weight is 746 g/mol. The Kier molecular flexibility index (Phi) is 10.6. The number of hydrogen-bond donors (Lipinski definition) is 1. The third kappa shape index (κ3) is 6.95. The van der Waals surface area contributed by atoms with Crippen LogP contribution in [0.5, 0.6) is 0 Å². The van der Waals surface area contributed by atoms with E-state index in [4.69, 9.17) is 15.1 Å². The number of aliphatic hydroxyl groups excluding tert-OH is 1. The van der Waals surface area contributed by atoms with Crippen LogP contribution in [0.4, 0.5) is 0 Å². The molecule has 5 aromatic rings. The van der Waals surface area contributed by atoms with Crippen LogP contribution in [-0.2, 0) is 24.9 Å². The molecule has 1 radical (unpaired) electrons. The van der Waals surface area contributed by atoms with E-state index >= 15 is 0 Å². The molecule has 2 aromatic carbocycles. The van der Waals surface area contributed by atoms with Crippen molar-refractivity contribution in [3.05, 3.63) is 78.2 Å². The van der Waals surface area contributed by atoms with Gasteiger partial charge in [0.1, 0.15) is 12.9 Å². The third-order valence-corrected chi connectivity index (χ3v) is 9.86. The fourth-order valence-electron chi connectivity index (χ4n) is 4.94. The van der Waals surface area contributed by atoms with Crippen LogP contribution in [0.15, 0.2) is 66.6 Å². The number of rotatable bonds is 6. The molecule has 0 unspecified atom stereocenters. The number of thiophene rings is 1. The maximum Gasteiger partial charge on any atom is 0.155 e. The number of ketones is 1. The first-order valence-corrected chi connectivity index (χ1v) is 17.9. The molecule has 7 heteroatoms. The Balaban J connectivity index is 0.000000492. The predicted molar refractivity (Wildman–Crippen MR) is 170 cm³/mol. The standard InChI is InChI=1S/C28H29N2SSi.C5H8O2.Ir/c1-6-18(7-2)24-17-20(16-19-10-8-9-11-21(19)24)26-27-22(14-15-29-26)23-12-13-25(32(3,4)5)30-28(23)31-27;1-4(6)3-5(2)7;/h8-15,17-18H,6-7H2,1-5H3;3,6H,1-2H3;/q-1;;/b;4-3-;. The summed E-state index contributed by atoms with van der Waals surface area (Å²) in [6.07, 6.45) is 5.37. The molecule has 0 aliphatic rings. The van der Waals surface area contributed by atoms with Crippen molar-refractivity contribution < 1.29 is 30.0 Å². The first-order valence-electron chi connectivity index (χ1n) is 13.5. The van der Waals surface area contributed by atoms with Crippen LogP contribution in [-0.4, -0.2) is 28.9 Å². The summed E-state index contributed by atoms with van der Waals surface area (Å²) >= 11 is 1.77. The fraction of sp³-hybridized carbons (Fsp3) is 0.303. The zero-order chi connectivity index (χ0) is 28.3. The minimum atomic E-state index is -1.46. The van der Waals surface area contributed by atoms with Gasteiger partial charge in [-0.2, -0.15) is 0 Å². The van der Waals surface area contributed by atoms with Crippen molar-refractivity contribution in [1.29, 1.82) is 0 Å². The molecule has 0 spiro atoms. The third-order valence-electron chi connectivity index (χ3n) is 6.92. The molecular formula is C33H37IrN2O2SSi-. The molecular weight excluding hydrogens is 709 g/mol. The van der Waals surface area contributed by atoms with Gasteiger partial charge in [0.05, 0.1) is 5.76 Å². The number of fused-ring (bicyclic) bond motifs is 4. The van der Waals surface area contributed by atoms with Gasteiger partial charge in [-0.1, -0.05) is 75.5 Å². The minimum absolute atomic E-state index is 0. The second kappa shape index (κ2) is 13.3. The maximum absolute atomic E-state index is 10.0. The first kappa shape index (κ1) is 31.8. The first-order chi connectivity index (χ1) is 18.5. The van der Waals surface area contributed by atoms with Gasteiger partial charge in [-0.3, -0.25) is 9.78 Å². The molecule has 40 heavy (non-hydrogen) atoms. The van der Waals surface area contributed by atoms with Crippen LogP contribution in [0, 0.1) is 6.07 Å². The molecule has 211 valence electrons. The van der Waals surface area contributed by atoms with Crippen LogP contribution in [0.25, 0.3) is 42.3 Å². The van der Waals surface area contributed by atoms with Crippen molar-refractivity contribution in [2.24, 2.45) is 0 Å². The summed E-state index contributed by atoms with van der Waals surface area (Å²) in [5.41, 5.74) is 3.53. The van der Waals surface area contributed by atoms with Crippen molar-refractivity contribution in [2.45, 2.75) is 66.1 Å². The van der Waals surface area contributed by atoms with E-state index in [1.54, 1.807) is 11.3 Å². The van der Waals surface area contributed by atoms with E-state index in [-0.39, 0.29) is 31.6 Å². The Morgan fingerprint density at radius 3 is 2.33 bits per heavy atom. The topological polar surface area (TPSA) is 63.1 Å². The van der Waals surface area contributed by atoms with Gasteiger partial charge in [0.25, 0.3) is 0 Å². The van der Waals surface area contributed by atoms with Gasteiger partial charge >= 0.3 is 0 Å². The van der Waals surface area contributed by atoms with Gasteiger partial charge in [0.2, 0.25) is 0 Å². The van der Waals surface area contributed by atoms with Gasteiger partial charge in [-0.15, -0.1) is 40.5 Å². The SMILES string of the molecule is CC(=O)/C=C(/C)O.CCC(CC)c1cc(-c2nccc3c2sc2nc([Si](C)(C)C)ccc23)[c-]c2ccccc12.[Ir]. The van der Waals surface area contributed by atoms with Gasteiger partial charge in [0, 0.05) is 53.5 Å². The maximum atomic E-state index is 10.0. The Hall–Kier alpha value is -2.70. The number of aliphatic hydroxyl groups is 1. The molecule has 5 rings (SSSR count). The normalized spacial score (nSPS) is 11.9. The molecule has 0 fully saturated rings. The Morgan fingerprint density at radius 1 is 1.02 bits per heavy atom. The number of carbonyl (C=O) groups is 1. The van der Waals surface area contributed by atoms with Crippen LogP contribution in [0.3, 0.4) is 0 Å². The number of hydrogen-bond acceptors (Lipinski definition) is 5. The van der Waals surface area contributed by atoms with Crippen LogP contribution in [0.2, 0.25) is 19.6 Å². The van der Waals surface area contributed by atoms with Gasteiger partial charge < -0.3 is 5.11 Å². The summed E-state index contributed by atoms with van der Waals surface area (Å²) in [5.74, 6) is 0.475. The fourth-order valence-corrected chi connectivity index (χ4v) is 7.22. The Labute approximate surface area is 255 Å². The predicted octanol–water partition coefficient (Wildman–Crippen LogP) is 8.95. The molecule has 0 bridgehead atoms. The molecule has 0 saturated heterocycles. The van der Waals surface area contributed by atoms with E-state index in [1.165, 1.54) is 57.0 Å². The smallest absolute Gasteiger partial charge is 0.155 e. The second-order valence-electron chi connectivity index (χ2n) is 11.0. The number of aromatic nitrogens is 2. The van der Waals surface area contributed by atoms with E-state index in [0.29, 0.717) is 5.92 Å². The molecule has 3 heterocycles. The summed E-state index contributed by atoms with van der Waals surface area (Å²) in [4.78, 5) is 21.1. The van der Waals surface area contributed by atoms with Gasteiger partial charge in [-0.25, -0.2) is 4.98 Å². The summed E-state index contributed by atoms with van der Waals surface area (Å²) in [7, 11) is -1.46. The number of nitrogens with zero attached hydrogens (tertiary/aromatic N) is 2. The van der Waals surface area contributed by atoms with Crippen LogP contribution >= 0.6 is 11.3 Å². The van der Waals surface area contributed by atoms with Crippen molar-refractivity contribution in [2.75, 3.05) is 0 Å². The largest absolute Gasteiger partial charge is 0.512 e. The van der Waals surface area contributed by atoms with Crippen molar-refractivity contribution in [1.82, 2.24) is 9.97 Å². The molecule has 0 atom stereocenters. The van der Waals surface area contributed by atoms with E-state index < -0.39 is 8.07 Å². The van der Waals surface area contributed by atoms with E-state index in [2.05, 4.69) is 88.1 Å². The molecule has 0 amide bonds. The average Bonchev–Trinajstić information content (AvgIpc) is 3.26. The number of pyridine rings is 2. The van der Waals surface area contributed by atoms with Crippen molar-refractivity contribution >= 4 is 61.6 Å². The zero-order valence-corrected chi connectivity index (χ0v) is 28.5. The quantitative estimate of drug-likeness (QED) is 0.0817. The molecule has 1 N–H and O–H groups in total. The van der Waals surface area contributed by atoms with E-state index in [1.807, 2.05) is 6.20 Å². The number of benzene rings is 2. The van der Waals surface area contributed by atoms with E-state index in [9.17, 15) is 4.79 Å².